The van der Waals surface area contributed by atoms with Crippen molar-refractivity contribution in [2.24, 2.45) is 24.6 Å². The predicted octanol–water partition coefficient (Wildman–Crippen LogP) is 3.05. The van der Waals surface area contributed by atoms with Gasteiger partial charge in [-0.05, 0) is 50.2 Å². The average molecular weight is 465 g/mol. The topological polar surface area (TPSA) is 134 Å². The van der Waals surface area contributed by atoms with Crippen LogP contribution in [0.2, 0.25) is 0 Å². The van der Waals surface area contributed by atoms with E-state index in [9.17, 15) is 9.59 Å². The number of carbonyl (C=O) groups is 2. The number of primary amides is 1. The lowest BCUT2D eigenvalue weighted by Gasteiger charge is -2.31. The molecule has 0 aromatic carbocycles. The Labute approximate surface area is 199 Å². The van der Waals surface area contributed by atoms with Gasteiger partial charge < -0.3 is 11.1 Å². The maximum absolute atomic E-state index is 13.5. The Bertz CT molecular complexity index is 1150. The molecule has 180 valence electrons. The molecule has 0 spiro atoms. The molecule has 10 nitrogen and oxygen atoms in total. The molecule has 4 rings (SSSR count). The van der Waals surface area contributed by atoms with Gasteiger partial charge in [0.1, 0.15) is 11.4 Å². The van der Waals surface area contributed by atoms with E-state index >= 15 is 0 Å². The second-order valence-electron chi connectivity index (χ2n) is 9.22. The minimum absolute atomic E-state index is 0.134. The highest BCUT2D eigenvalue weighted by Crippen LogP contribution is 2.38. The molecule has 1 aliphatic carbocycles. The highest BCUT2D eigenvalue weighted by atomic mass is 16.2. The minimum atomic E-state index is -0.550. The number of aryl methyl sites for hydroxylation is 3. The molecule has 1 saturated carbocycles. The molecule has 0 radical (unpaired) electrons. The molecule has 3 aromatic heterocycles. The van der Waals surface area contributed by atoms with Crippen molar-refractivity contribution in [3.63, 3.8) is 0 Å². The van der Waals surface area contributed by atoms with Crippen molar-refractivity contribution < 1.29 is 9.59 Å². The summed E-state index contributed by atoms with van der Waals surface area (Å²) in [7, 11) is 1.84. The van der Waals surface area contributed by atoms with Crippen LogP contribution in [0, 0.1) is 18.8 Å². The number of rotatable bonds is 7. The molecular weight excluding hydrogens is 432 g/mol. The van der Waals surface area contributed by atoms with E-state index in [1.165, 1.54) is 0 Å². The Balaban J connectivity index is 1.60. The summed E-state index contributed by atoms with van der Waals surface area (Å²) in [5.74, 6) is 0.106. The second-order valence-corrected chi connectivity index (χ2v) is 9.22. The maximum Gasteiger partial charge on any atom is 0.266 e. The largest absolute Gasteiger partial charge is 0.364 e. The van der Waals surface area contributed by atoms with Crippen LogP contribution in [0.5, 0.6) is 0 Å². The van der Waals surface area contributed by atoms with Gasteiger partial charge in [-0.15, -0.1) is 0 Å². The molecule has 2 amide bonds. The number of hydrogen-bond acceptors (Lipinski definition) is 6. The van der Waals surface area contributed by atoms with Crippen LogP contribution in [-0.2, 0) is 18.4 Å². The highest BCUT2D eigenvalue weighted by molar-refractivity contribution is 5.96. The molecule has 1 aliphatic rings. The van der Waals surface area contributed by atoms with Crippen LogP contribution >= 0.6 is 0 Å². The standard InChI is InChI=1S/C24H32N8O2/c1-5-32-19(22(25)33)10-18(30-32)20(16-8-6-14(2)7-9-16)24(34)29-17-12-26-23(27-13-17)21-15(3)11-28-31(21)4/h10-14,16,20H,5-9H2,1-4H3,(H2,25,33)(H,29,34). The number of carbonyl (C=O) groups excluding carboxylic acids is 2. The molecule has 3 N–H and O–H groups in total. The third-order valence-corrected chi connectivity index (χ3v) is 6.74. The van der Waals surface area contributed by atoms with E-state index in [1.54, 1.807) is 34.0 Å². The Morgan fingerprint density at radius 2 is 1.85 bits per heavy atom. The summed E-state index contributed by atoms with van der Waals surface area (Å²) in [6, 6.07) is 1.67. The van der Waals surface area contributed by atoms with Crippen LogP contribution < -0.4 is 11.1 Å². The number of hydrogen-bond donors (Lipinski definition) is 2. The van der Waals surface area contributed by atoms with Crippen LogP contribution in [-0.4, -0.2) is 41.3 Å². The summed E-state index contributed by atoms with van der Waals surface area (Å²) < 4.78 is 3.29. The third kappa shape index (κ3) is 4.71. The van der Waals surface area contributed by atoms with E-state index in [1.807, 2.05) is 20.9 Å². The van der Waals surface area contributed by atoms with Gasteiger partial charge in [-0.3, -0.25) is 19.0 Å². The van der Waals surface area contributed by atoms with Crippen molar-refractivity contribution in [1.29, 1.82) is 0 Å². The van der Waals surface area contributed by atoms with Gasteiger partial charge in [-0.1, -0.05) is 19.8 Å². The van der Waals surface area contributed by atoms with Gasteiger partial charge in [0.25, 0.3) is 5.91 Å². The number of nitrogens with zero attached hydrogens (tertiary/aromatic N) is 6. The lowest BCUT2D eigenvalue weighted by molar-refractivity contribution is -0.119. The lowest BCUT2D eigenvalue weighted by Crippen LogP contribution is -2.30. The van der Waals surface area contributed by atoms with Crippen molar-refractivity contribution >= 4 is 17.5 Å². The highest BCUT2D eigenvalue weighted by Gasteiger charge is 2.35. The molecule has 0 bridgehead atoms. The first kappa shape index (κ1) is 23.6. The monoisotopic (exact) mass is 464 g/mol. The van der Waals surface area contributed by atoms with Crippen LogP contribution in [0.3, 0.4) is 0 Å². The van der Waals surface area contributed by atoms with Crippen molar-refractivity contribution in [3.05, 3.63) is 41.6 Å². The van der Waals surface area contributed by atoms with Crippen molar-refractivity contribution in [1.82, 2.24) is 29.5 Å². The zero-order valence-electron chi connectivity index (χ0n) is 20.2. The number of aromatic nitrogens is 6. The summed E-state index contributed by atoms with van der Waals surface area (Å²) in [5.41, 5.74) is 8.76. The Morgan fingerprint density at radius 3 is 2.38 bits per heavy atom. The molecule has 0 aliphatic heterocycles. The first-order valence-corrected chi connectivity index (χ1v) is 11.8. The van der Waals surface area contributed by atoms with Crippen LogP contribution in [0.4, 0.5) is 5.69 Å². The second kappa shape index (κ2) is 9.74. The zero-order valence-corrected chi connectivity index (χ0v) is 20.2. The summed E-state index contributed by atoms with van der Waals surface area (Å²) in [6.07, 6.45) is 8.96. The van der Waals surface area contributed by atoms with Gasteiger partial charge in [0.15, 0.2) is 5.82 Å². The third-order valence-electron chi connectivity index (χ3n) is 6.74. The Morgan fingerprint density at radius 1 is 1.18 bits per heavy atom. The maximum atomic E-state index is 13.5. The SMILES string of the molecule is CCn1nc(C(C(=O)Nc2cnc(-c3c(C)cnn3C)nc2)C2CCC(C)CC2)cc1C(N)=O. The van der Waals surface area contributed by atoms with Gasteiger partial charge in [-0.2, -0.15) is 10.2 Å². The van der Waals surface area contributed by atoms with E-state index in [4.69, 9.17) is 5.73 Å². The average Bonchev–Trinajstić information content (AvgIpc) is 3.39. The summed E-state index contributed by atoms with van der Waals surface area (Å²) >= 11 is 0. The molecule has 1 unspecified atom stereocenters. The van der Waals surface area contributed by atoms with E-state index in [-0.39, 0.29) is 11.8 Å². The fraction of sp³-hybridized carbons (Fsp3) is 0.500. The zero-order chi connectivity index (χ0) is 24.4. The Hall–Kier alpha value is -3.56. The van der Waals surface area contributed by atoms with Gasteiger partial charge in [-0.25, -0.2) is 9.97 Å². The van der Waals surface area contributed by atoms with E-state index < -0.39 is 11.8 Å². The first-order valence-electron chi connectivity index (χ1n) is 11.8. The van der Waals surface area contributed by atoms with Crippen molar-refractivity contribution in [2.75, 3.05) is 5.32 Å². The van der Waals surface area contributed by atoms with E-state index in [0.29, 0.717) is 35.4 Å². The number of nitrogens with two attached hydrogens (primary N) is 1. The molecular formula is C24H32N8O2. The van der Waals surface area contributed by atoms with Crippen molar-refractivity contribution in [3.8, 4) is 11.5 Å². The van der Waals surface area contributed by atoms with Gasteiger partial charge >= 0.3 is 0 Å². The number of nitrogens with one attached hydrogen (secondary N) is 1. The summed E-state index contributed by atoms with van der Waals surface area (Å²) in [5, 5.41) is 11.8. The minimum Gasteiger partial charge on any atom is -0.364 e. The summed E-state index contributed by atoms with van der Waals surface area (Å²) in [4.78, 5) is 34.3. The van der Waals surface area contributed by atoms with Crippen LogP contribution in [0.25, 0.3) is 11.5 Å². The van der Waals surface area contributed by atoms with Gasteiger partial charge in [0, 0.05) is 13.6 Å². The molecule has 1 fully saturated rings. The fourth-order valence-corrected chi connectivity index (χ4v) is 4.84. The summed E-state index contributed by atoms with van der Waals surface area (Å²) in [6.45, 7) is 6.58. The van der Waals surface area contributed by atoms with Crippen molar-refractivity contribution in [2.45, 2.75) is 58.9 Å². The first-order chi connectivity index (χ1) is 16.3. The van der Waals surface area contributed by atoms with Gasteiger partial charge in [0.2, 0.25) is 5.91 Å². The lowest BCUT2D eigenvalue weighted by atomic mass is 9.75. The smallest absolute Gasteiger partial charge is 0.266 e. The normalized spacial score (nSPS) is 19.1. The van der Waals surface area contributed by atoms with Gasteiger partial charge in [0.05, 0.1) is 35.9 Å². The molecule has 3 aromatic rings. The Kier molecular flexibility index (Phi) is 6.76. The molecule has 0 saturated heterocycles. The van der Waals surface area contributed by atoms with Crippen LogP contribution in [0.15, 0.2) is 24.7 Å². The quantitative estimate of drug-likeness (QED) is 0.552. The fourth-order valence-electron chi connectivity index (χ4n) is 4.84. The molecule has 10 heteroatoms. The van der Waals surface area contributed by atoms with E-state index in [0.717, 1.165) is 36.9 Å². The van der Waals surface area contributed by atoms with Crippen LogP contribution in [0.1, 0.15) is 67.2 Å². The number of amides is 2. The van der Waals surface area contributed by atoms with E-state index in [2.05, 4.69) is 32.4 Å². The molecule has 34 heavy (non-hydrogen) atoms. The molecule has 1 atom stereocenters. The predicted molar refractivity (Wildman–Crippen MR) is 128 cm³/mol. The molecule has 3 heterocycles. The number of anilines is 1.